The number of imidazole rings is 1. The molecule has 4 atom stereocenters. The lowest BCUT2D eigenvalue weighted by Crippen LogP contribution is -2.44. The summed E-state index contributed by atoms with van der Waals surface area (Å²) < 4.78 is 8.14. The number of likely N-dealkylation sites (tertiary alicyclic amines) is 1. The molecule has 5 rings (SSSR count). The van der Waals surface area contributed by atoms with Crippen molar-refractivity contribution in [3.63, 3.8) is 0 Å². The van der Waals surface area contributed by atoms with Gasteiger partial charge in [0, 0.05) is 33.0 Å². The predicted molar refractivity (Wildman–Crippen MR) is 110 cm³/mol. The van der Waals surface area contributed by atoms with E-state index in [1.165, 1.54) is 5.56 Å². The fourth-order valence-corrected chi connectivity index (χ4v) is 5.12. The lowest BCUT2D eigenvalue weighted by Gasteiger charge is -2.27. The van der Waals surface area contributed by atoms with Crippen LogP contribution in [0.4, 0.5) is 0 Å². The molecule has 2 saturated heterocycles. The van der Waals surface area contributed by atoms with Gasteiger partial charge in [0.1, 0.15) is 11.4 Å². The number of carbonyl (C=O) groups is 2. The van der Waals surface area contributed by atoms with Gasteiger partial charge < -0.3 is 19.1 Å². The fourth-order valence-electron chi connectivity index (χ4n) is 5.12. The zero-order valence-corrected chi connectivity index (χ0v) is 17.5. The molecule has 156 valence electrons. The smallest absolute Gasteiger partial charge is 0.230 e. The van der Waals surface area contributed by atoms with Gasteiger partial charge in [0.15, 0.2) is 0 Å². The molecule has 1 aromatic heterocycles. The number of amides is 2. The van der Waals surface area contributed by atoms with E-state index in [-0.39, 0.29) is 17.9 Å². The van der Waals surface area contributed by atoms with Crippen LogP contribution in [0.5, 0.6) is 0 Å². The maximum Gasteiger partial charge on any atom is 0.230 e. The Bertz CT molecular complexity index is 1040. The number of ether oxygens (including phenoxy) is 1. The SMILES string of the molecule is Cc1cccc(CN2C[C@]34C=C[C@H](O3)[C@H](C(=O)N(C)Cc3nccn3C)[C@H]4C2=O)c1. The van der Waals surface area contributed by atoms with Crippen LogP contribution in [0.25, 0.3) is 0 Å². The van der Waals surface area contributed by atoms with E-state index in [9.17, 15) is 9.59 Å². The number of aromatic nitrogens is 2. The summed E-state index contributed by atoms with van der Waals surface area (Å²) in [6, 6.07) is 8.17. The summed E-state index contributed by atoms with van der Waals surface area (Å²) in [4.78, 5) is 34.6. The van der Waals surface area contributed by atoms with Gasteiger partial charge in [0.05, 0.1) is 31.0 Å². The number of rotatable bonds is 5. The third-order valence-electron chi connectivity index (χ3n) is 6.60. The molecule has 7 heteroatoms. The highest BCUT2D eigenvalue weighted by Crippen LogP contribution is 2.52. The van der Waals surface area contributed by atoms with E-state index in [1.807, 2.05) is 60.0 Å². The normalized spacial score (nSPS) is 29.0. The van der Waals surface area contributed by atoms with Crippen LogP contribution in [-0.2, 0) is 34.5 Å². The summed E-state index contributed by atoms with van der Waals surface area (Å²) in [7, 11) is 3.67. The minimum Gasteiger partial charge on any atom is -0.360 e. The largest absolute Gasteiger partial charge is 0.360 e. The Morgan fingerprint density at radius 1 is 1.40 bits per heavy atom. The highest BCUT2D eigenvalue weighted by atomic mass is 16.5. The van der Waals surface area contributed by atoms with Gasteiger partial charge in [-0.25, -0.2) is 4.98 Å². The minimum atomic E-state index is -0.685. The van der Waals surface area contributed by atoms with E-state index in [1.54, 1.807) is 18.1 Å². The molecule has 2 bridgehead atoms. The molecule has 2 aromatic rings. The molecule has 0 saturated carbocycles. The van der Waals surface area contributed by atoms with Crippen molar-refractivity contribution in [2.45, 2.75) is 31.7 Å². The van der Waals surface area contributed by atoms with Crippen LogP contribution < -0.4 is 0 Å². The lowest BCUT2D eigenvalue weighted by atomic mass is 9.76. The average Bonchev–Trinajstić information content (AvgIpc) is 3.44. The topological polar surface area (TPSA) is 67.7 Å². The molecule has 7 nitrogen and oxygen atoms in total. The molecule has 1 spiro atoms. The van der Waals surface area contributed by atoms with Crippen molar-refractivity contribution in [3.8, 4) is 0 Å². The highest BCUT2D eigenvalue weighted by molar-refractivity contribution is 5.93. The van der Waals surface area contributed by atoms with Gasteiger partial charge >= 0.3 is 0 Å². The third kappa shape index (κ3) is 2.88. The van der Waals surface area contributed by atoms with E-state index < -0.39 is 17.4 Å². The quantitative estimate of drug-likeness (QED) is 0.709. The zero-order chi connectivity index (χ0) is 21.0. The first kappa shape index (κ1) is 19.1. The molecular weight excluding hydrogens is 380 g/mol. The van der Waals surface area contributed by atoms with Gasteiger partial charge in [-0.3, -0.25) is 9.59 Å². The highest BCUT2D eigenvalue weighted by Gasteiger charge is 2.67. The first-order valence-corrected chi connectivity index (χ1v) is 10.3. The average molecular weight is 406 g/mol. The van der Waals surface area contributed by atoms with E-state index in [4.69, 9.17) is 4.74 Å². The van der Waals surface area contributed by atoms with Crippen LogP contribution in [0.15, 0.2) is 48.8 Å². The Morgan fingerprint density at radius 2 is 2.23 bits per heavy atom. The van der Waals surface area contributed by atoms with Gasteiger partial charge in [-0.05, 0) is 12.5 Å². The van der Waals surface area contributed by atoms with Crippen molar-refractivity contribution >= 4 is 11.8 Å². The molecule has 2 amide bonds. The molecule has 1 aromatic carbocycles. The number of carbonyl (C=O) groups excluding carboxylic acids is 2. The van der Waals surface area contributed by atoms with Crippen LogP contribution in [0, 0.1) is 18.8 Å². The van der Waals surface area contributed by atoms with E-state index in [0.717, 1.165) is 11.4 Å². The number of aryl methyl sites for hydroxylation is 2. The minimum absolute atomic E-state index is 0.00657. The lowest BCUT2D eigenvalue weighted by molar-refractivity contribution is -0.143. The number of hydrogen-bond acceptors (Lipinski definition) is 4. The molecule has 3 aliphatic rings. The third-order valence-corrected chi connectivity index (χ3v) is 6.60. The molecule has 4 heterocycles. The predicted octanol–water partition coefficient (Wildman–Crippen LogP) is 1.67. The van der Waals surface area contributed by atoms with Crippen LogP contribution in [-0.4, -0.2) is 56.5 Å². The molecule has 0 aliphatic carbocycles. The van der Waals surface area contributed by atoms with Crippen molar-refractivity contribution in [2.75, 3.05) is 13.6 Å². The van der Waals surface area contributed by atoms with E-state index >= 15 is 0 Å². The first-order chi connectivity index (χ1) is 14.4. The fraction of sp³-hybridized carbons (Fsp3) is 0.435. The van der Waals surface area contributed by atoms with Crippen LogP contribution in [0.3, 0.4) is 0 Å². The van der Waals surface area contributed by atoms with Crippen molar-refractivity contribution in [2.24, 2.45) is 18.9 Å². The van der Waals surface area contributed by atoms with Gasteiger partial charge in [-0.1, -0.05) is 42.0 Å². The Balaban J connectivity index is 1.37. The summed E-state index contributed by atoms with van der Waals surface area (Å²) >= 11 is 0. The Hall–Kier alpha value is -2.93. The van der Waals surface area contributed by atoms with Gasteiger partial charge in [-0.15, -0.1) is 0 Å². The summed E-state index contributed by atoms with van der Waals surface area (Å²) in [5.74, 6) is -0.208. The Kier molecular flexibility index (Phi) is 4.32. The number of nitrogens with zero attached hydrogens (tertiary/aromatic N) is 4. The summed E-state index contributed by atoms with van der Waals surface area (Å²) in [6.45, 7) is 3.47. The van der Waals surface area contributed by atoms with Crippen LogP contribution in [0.1, 0.15) is 17.0 Å². The van der Waals surface area contributed by atoms with E-state index in [0.29, 0.717) is 19.6 Å². The maximum atomic E-state index is 13.4. The second-order valence-corrected chi connectivity index (χ2v) is 8.73. The summed E-state index contributed by atoms with van der Waals surface area (Å²) in [6.07, 6.45) is 7.19. The van der Waals surface area contributed by atoms with Crippen molar-refractivity contribution in [1.82, 2.24) is 19.4 Å². The van der Waals surface area contributed by atoms with Gasteiger partial charge in [-0.2, -0.15) is 0 Å². The monoisotopic (exact) mass is 406 g/mol. The molecule has 2 fully saturated rings. The van der Waals surface area contributed by atoms with Gasteiger partial charge in [0.25, 0.3) is 0 Å². The first-order valence-electron chi connectivity index (χ1n) is 10.3. The number of hydrogen-bond donors (Lipinski definition) is 0. The maximum absolute atomic E-state index is 13.4. The molecule has 3 aliphatic heterocycles. The molecule has 0 N–H and O–H groups in total. The Morgan fingerprint density at radius 3 is 2.97 bits per heavy atom. The second-order valence-electron chi connectivity index (χ2n) is 8.73. The number of fused-ring (bicyclic) bond motifs is 1. The standard InChI is InChI=1S/C23H26N4O3/c1-15-5-4-6-16(11-15)12-27-14-23-8-7-17(30-23)19(20(23)22(27)29)21(28)26(3)13-18-24-9-10-25(18)2/h4-11,17,19-20H,12-14H2,1-3H3/t17-,19-,20-,23-/m0/s1. The number of benzene rings is 1. The van der Waals surface area contributed by atoms with Crippen molar-refractivity contribution in [1.29, 1.82) is 0 Å². The molecule has 0 radical (unpaired) electrons. The molecule has 0 unspecified atom stereocenters. The van der Waals surface area contributed by atoms with Crippen molar-refractivity contribution in [3.05, 3.63) is 65.8 Å². The van der Waals surface area contributed by atoms with Crippen LogP contribution in [0.2, 0.25) is 0 Å². The Labute approximate surface area is 175 Å². The summed E-state index contributed by atoms with van der Waals surface area (Å²) in [5.41, 5.74) is 1.57. The zero-order valence-electron chi connectivity index (χ0n) is 17.5. The van der Waals surface area contributed by atoms with Crippen molar-refractivity contribution < 1.29 is 14.3 Å². The second kappa shape index (κ2) is 6.80. The van der Waals surface area contributed by atoms with Crippen LogP contribution >= 0.6 is 0 Å². The van der Waals surface area contributed by atoms with E-state index in [2.05, 4.69) is 11.1 Å². The molecular formula is C23H26N4O3. The van der Waals surface area contributed by atoms with Gasteiger partial charge in [0.2, 0.25) is 11.8 Å². The molecule has 30 heavy (non-hydrogen) atoms. The summed E-state index contributed by atoms with van der Waals surface area (Å²) in [5, 5.41) is 0.